The van der Waals surface area contributed by atoms with Gasteiger partial charge in [0.25, 0.3) is 0 Å². The van der Waals surface area contributed by atoms with E-state index in [9.17, 15) is 9.90 Å². The van der Waals surface area contributed by atoms with Crippen molar-refractivity contribution in [2.24, 2.45) is 11.8 Å². The fraction of sp³-hybridized carbons (Fsp3) is 0.611. The van der Waals surface area contributed by atoms with E-state index in [0.717, 1.165) is 38.8 Å². The van der Waals surface area contributed by atoms with Gasteiger partial charge in [-0.25, -0.2) is 4.79 Å². The fourth-order valence-corrected chi connectivity index (χ4v) is 3.68. The van der Waals surface area contributed by atoms with Crippen molar-refractivity contribution in [3.63, 3.8) is 0 Å². The third-order valence-corrected chi connectivity index (χ3v) is 5.27. The van der Waals surface area contributed by atoms with Crippen molar-refractivity contribution in [1.29, 1.82) is 0 Å². The van der Waals surface area contributed by atoms with Crippen LogP contribution in [0.3, 0.4) is 0 Å². The molecule has 3 rings (SSSR count). The first-order valence-corrected chi connectivity index (χ1v) is 8.43. The molecule has 120 valence electrons. The van der Waals surface area contributed by atoms with E-state index >= 15 is 0 Å². The van der Waals surface area contributed by atoms with Crippen molar-refractivity contribution < 1.29 is 9.90 Å². The van der Waals surface area contributed by atoms with Crippen LogP contribution in [0.1, 0.15) is 43.4 Å². The van der Waals surface area contributed by atoms with Crippen molar-refractivity contribution in [2.45, 2.75) is 38.6 Å². The summed E-state index contributed by atoms with van der Waals surface area (Å²) in [5.74, 6) is 0.826. The lowest BCUT2D eigenvalue weighted by atomic mass is 9.81. The second kappa shape index (κ2) is 6.69. The molecular weight excluding hydrogens is 276 g/mol. The van der Waals surface area contributed by atoms with Crippen LogP contribution < -0.4 is 5.32 Å². The lowest BCUT2D eigenvalue weighted by Gasteiger charge is -2.36. The van der Waals surface area contributed by atoms with Gasteiger partial charge in [-0.1, -0.05) is 31.2 Å². The third kappa shape index (κ3) is 3.12. The Hall–Kier alpha value is -1.55. The number of hydrogen-bond acceptors (Lipinski definition) is 2. The summed E-state index contributed by atoms with van der Waals surface area (Å²) in [7, 11) is 0. The number of benzene rings is 1. The Balaban J connectivity index is 1.66. The van der Waals surface area contributed by atoms with Gasteiger partial charge in [-0.15, -0.1) is 0 Å². The van der Waals surface area contributed by atoms with Crippen LogP contribution in [0.25, 0.3) is 0 Å². The summed E-state index contributed by atoms with van der Waals surface area (Å²) in [6.07, 6.45) is 4.03. The molecule has 0 bridgehead atoms. The third-order valence-electron chi connectivity index (χ3n) is 5.27. The molecule has 2 atom stereocenters. The Kier molecular flexibility index (Phi) is 4.67. The van der Waals surface area contributed by atoms with Crippen LogP contribution in [0.5, 0.6) is 0 Å². The highest BCUT2D eigenvalue weighted by atomic mass is 16.3. The van der Waals surface area contributed by atoms with Gasteiger partial charge >= 0.3 is 6.03 Å². The predicted octanol–water partition coefficient (Wildman–Crippen LogP) is 2.72. The Morgan fingerprint density at radius 2 is 2.00 bits per heavy atom. The minimum absolute atomic E-state index is 0.0462. The average molecular weight is 302 g/mol. The number of likely N-dealkylation sites (tertiary alicyclic amines) is 1. The first-order valence-electron chi connectivity index (χ1n) is 8.43. The second-order valence-electron chi connectivity index (χ2n) is 6.75. The number of hydrogen-bond donors (Lipinski definition) is 2. The number of fused-ring (bicyclic) bond motifs is 1. The summed E-state index contributed by atoms with van der Waals surface area (Å²) in [6, 6.07) is 8.62. The van der Waals surface area contributed by atoms with Crippen molar-refractivity contribution in [3.05, 3.63) is 35.4 Å². The number of carbonyl (C=O) groups is 1. The number of rotatable bonds is 2. The van der Waals surface area contributed by atoms with Gasteiger partial charge in [-0.2, -0.15) is 0 Å². The van der Waals surface area contributed by atoms with Gasteiger partial charge in [-0.05, 0) is 48.6 Å². The number of aliphatic hydroxyl groups excluding tert-OH is 1. The van der Waals surface area contributed by atoms with Gasteiger partial charge in [0, 0.05) is 19.7 Å². The van der Waals surface area contributed by atoms with E-state index in [1.54, 1.807) is 0 Å². The molecule has 2 unspecified atom stereocenters. The highest BCUT2D eigenvalue weighted by Crippen LogP contribution is 2.34. The maximum atomic E-state index is 12.6. The standard InChI is InChI=1S/C18H26N2O2/c1-13-6-7-15-4-2-3-5-16(15)17(13)19-18(22)20-10-8-14(12-21)9-11-20/h2-5,13-14,17,21H,6-12H2,1H3,(H,19,22). The molecule has 1 fully saturated rings. The molecule has 0 radical (unpaired) electrons. The molecule has 2 N–H and O–H groups in total. The molecule has 1 saturated heterocycles. The summed E-state index contributed by atoms with van der Waals surface area (Å²) in [4.78, 5) is 14.5. The number of urea groups is 1. The molecule has 2 aliphatic rings. The zero-order valence-electron chi connectivity index (χ0n) is 13.3. The Morgan fingerprint density at radius 3 is 2.73 bits per heavy atom. The van der Waals surface area contributed by atoms with E-state index in [1.165, 1.54) is 11.1 Å². The van der Waals surface area contributed by atoms with Crippen molar-refractivity contribution >= 4 is 6.03 Å². The molecule has 4 nitrogen and oxygen atoms in total. The van der Waals surface area contributed by atoms with E-state index in [2.05, 4.69) is 36.5 Å². The molecule has 0 saturated carbocycles. The topological polar surface area (TPSA) is 52.6 Å². The highest BCUT2D eigenvalue weighted by Gasteiger charge is 2.30. The van der Waals surface area contributed by atoms with Crippen LogP contribution in [-0.2, 0) is 6.42 Å². The Bertz CT molecular complexity index is 524. The second-order valence-corrected chi connectivity index (χ2v) is 6.75. The van der Waals surface area contributed by atoms with Crippen LogP contribution in [0.15, 0.2) is 24.3 Å². The smallest absolute Gasteiger partial charge is 0.317 e. The van der Waals surface area contributed by atoms with Crippen molar-refractivity contribution in [1.82, 2.24) is 10.2 Å². The lowest BCUT2D eigenvalue weighted by Crippen LogP contribution is -2.47. The Morgan fingerprint density at radius 1 is 1.27 bits per heavy atom. The molecule has 4 heteroatoms. The van der Waals surface area contributed by atoms with Crippen molar-refractivity contribution in [2.75, 3.05) is 19.7 Å². The largest absolute Gasteiger partial charge is 0.396 e. The normalized spacial score (nSPS) is 25.6. The number of amides is 2. The number of nitrogens with zero attached hydrogens (tertiary/aromatic N) is 1. The zero-order chi connectivity index (χ0) is 15.5. The maximum Gasteiger partial charge on any atom is 0.317 e. The minimum atomic E-state index is 0.0462. The highest BCUT2D eigenvalue weighted by molar-refractivity contribution is 5.75. The van der Waals surface area contributed by atoms with Gasteiger partial charge < -0.3 is 15.3 Å². The molecule has 1 aromatic carbocycles. The quantitative estimate of drug-likeness (QED) is 0.882. The molecule has 2 amide bonds. The first-order chi connectivity index (χ1) is 10.7. The molecule has 1 aromatic rings. The van der Waals surface area contributed by atoms with Gasteiger partial charge in [0.2, 0.25) is 0 Å². The van der Waals surface area contributed by atoms with Crippen LogP contribution in [0.2, 0.25) is 0 Å². The van der Waals surface area contributed by atoms with E-state index in [4.69, 9.17) is 0 Å². The number of nitrogens with one attached hydrogen (secondary N) is 1. The van der Waals surface area contributed by atoms with Crippen LogP contribution in [-0.4, -0.2) is 35.7 Å². The summed E-state index contributed by atoms with van der Waals surface area (Å²) < 4.78 is 0. The maximum absolute atomic E-state index is 12.6. The van der Waals surface area contributed by atoms with Gasteiger partial charge in [0.15, 0.2) is 0 Å². The number of aryl methyl sites for hydroxylation is 1. The molecule has 0 spiro atoms. The number of piperidine rings is 1. The van der Waals surface area contributed by atoms with Gasteiger partial charge in [0.05, 0.1) is 6.04 Å². The van der Waals surface area contributed by atoms with Gasteiger partial charge in [0.1, 0.15) is 0 Å². The fourth-order valence-electron chi connectivity index (χ4n) is 3.68. The molecule has 1 aliphatic heterocycles. The summed E-state index contributed by atoms with van der Waals surface area (Å²) in [6.45, 7) is 3.96. The monoisotopic (exact) mass is 302 g/mol. The summed E-state index contributed by atoms with van der Waals surface area (Å²) >= 11 is 0. The minimum Gasteiger partial charge on any atom is -0.396 e. The zero-order valence-corrected chi connectivity index (χ0v) is 13.3. The predicted molar refractivity (Wildman–Crippen MR) is 86.6 cm³/mol. The van der Waals surface area contributed by atoms with E-state index < -0.39 is 0 Å². The Labute approximate surface area is 132 Å². The van der Waals surface area contributed by atoms with E-state index in [-0.39, 0.29) is 18.7 Å². The molecule has 22 heavy (non-hydrogen) atoms. The van der Waals surface area contributed by atoms with Crippen LogP contribution >= 0.6 is 0 Å². The van der Waals surface area contributed by atoms with Crippen LogP contribution in [0, 0.1) is 11.8 Å². The molecule has 0 aromatic heterocycles. The number of carbonyl (C=O) groups excluding carboxylic acids is 1. The summed E-state index contributed by atoms with van der Waals surface area (Å²) in [5.41, 5.74) is 2.64. The number of aliphatic hydroxyl groups is 1. The molecule has 1 heterocycles. The van der Waals surface area contributed by atoms with Crippen LogP contribution in [0.4, 0.5) is 4.79 Å². The molecular formula is C18H26N2O2. The van der Waals surface area contributed by atoms with Gasteiger partial charge in [-0.3, -0.25) is 0 Å². The SMILES string of the molecule is CC1CCc2ccccc2C1NC(=O)N1CCC(CO)CC1. The first kappa shape index (κ1) is 15.3. The summed E-state index contributed by atoms with van der Waals surface area (Å²) in [5, 5.41) is 12.5. The average Bonchev–Trinajstić information content (AvgIpc) is 2.57. The lowest BCUT2D eigenvalue weighted by molar-refractivity contribution is 0.133. The molecule has 1 aliphatic carbocycles. The van der Waals surface area contributed by atoms with Crippen molar-refractivity contribution in [3.8, 4) is 0 Å². The van der Waals surface area contributed by atoms with E-state index in [0.29, 0.717) is 11.8 Å². The van der Waals surface area contributed by atoms with E-state index in [1.807, 2.05) is 4.90 Å².